The number of halogens is 2. The Bertz CT molecular complexity index is 311. The lowest BCUT2D eigenvalue weighted by Gasteiger charge is -2.33. The minimum absolute atomic E-state index is 0. The van der Waals surface area contributed by atoms with Gasteiger partial charge in [0.1, 0.15) is 11.5 Å². The summed E-state index contributed by atoms with van der Waals surface area (Å²) in [5.41, 5.74) is 0. The van der Waals surface area contributed by atoms with Gasteiger partial charge in [-0.2, -0.15) is 0 Å². The summed E-state index contributed by atoms with van der Waals surface area (Å²) in [6.45, 7) is 8.67. The quantitative estimate of drug-likeness (QED) is 0.923. The Labute approximate surface area is 116 Å². The monoisotopic (exact) mass is 280 g/mol. The number of piperazine rings is 1. The molecule has 0 aliphatic carbocycles. The molecule has 0 saturated carbocycles. The van der Waals surface area contributed by atoms with Crippen LogP contribution in [0.4, 0.5) is 0 Å². The van der Waals surface area contributed by atoms with E-state index >= 15 is 0 Å². The van der Waals surface area contributed by atoms with E-state index in [-0.39, 0.29) is 24.8 Å². The van der Waals surface area contributed by atoms with E-state index in [4.69, 9.17) is 4.42 Å². The van der Waals surface area contributed by atoms with Crippen LogP contribution in [0.15, 0.2) is 16.5 Å². The molecule has 0 radical (unpaired) electrons. The molecule has 2 rings (SSSR count). The highest BCUT2D eigenvalue weighted by Crippen LogP contribution is 2.25. The Kier molecular flexibility index (Phi) is 7.88. The molecule has 0 amide bonds. The smallest absolute Gasteiger partial charge is 0.121 e. The van der Waals surface area contributed by atoms with Gasteiger partial charge >= 0.3 is 0 Å². The molecule has 100 valence electrons. The Morgan fingerprint density at radius 1 is 1.29 bits per heavy atom. The molecule has 1 aliphatic rings. The van der Waals surface area contributed by atoms with Gasteiger partial charge in [0, 0.05) is 26.2 Å². The molecule has 5 heteroatoms. The summed E-state index contributed by atoms with van der Waals surface area (Å²) in [4.78, 5) is 2.51. The number of furan rings is 1. The van der Waals surface area contributed by atoms with Crippen molar-refractivity contribution >= 4 is 24.8 Å². The van der Waals surface area contributed by atoms with Crippen LogP contribution in [0.5, 0.6) is 0 Å². The summed E-state index contributed by atoms with van der Waals surface area (Å²) in [6.07, 6.45) is 1.12. The van der Waals surface area contributed by atoms with Gasteiger partial charge in [-0.15, -0.1) is 24.8 Å². The van der Waals surface area contributed by atoms with Crippen LogP contribution in [0, 0.1) is 6.92 Å². The van der Waals surface area contributed by atoms with Gasteiger partial charge in [0.15, 0.2) is 0 Å². The van der Waals surface area contributed by atoms with E-state index in [0.29, 0.717) is 6.04 Å². The van der Waals surface area contributed by atoms with Crippen molar-refractivity contribution in [2.75, 3.05) is 26.2 Å². The summed E-state index contributed by atoms with van der Waals surface area (Å²) < 4.78 is 5.73. The zero-order valence-electron chi connectivity index (χ0n) is 10.4. The van der Waals surface area contributed by atoms with Crippen LogP contribution in [0.25, 0.3) is 0 Å². The summed E-state index contributed by atoms with van der Waals surface area (Å²) in [7, 11) is 0. The molecule has 3 nitrogen and oxygen atoms in total. The highest BCUT2D eigenvalue weighted by Gasteiger charge is 2.22. The normalized spacial score (nSPS) is 18.0. The maximum atomic E-state index is 5.73. The molecule has 0 unspecified atom stereocenters. The predicted octanol–water partition coefficient (Wildman–Crippen LogP) is 2.79. The second-order valence-corrected chi connectivity index (χ2v) is 4.16. The van der Waals surface area contributed by atoms with Crippen molar-refractivity contribution in [3.8, 4) is 0 Å². The zero-order chi connectivity index (χ0) is 10.7. The fraction of sp³-hybridized carbons (Fsp3) is 0.667. The summed E-state index contributed by atoms with van der Waals surface area (Å²) >= 11 is 0. The third kappa shape index (κ3) is 4.18. The number of aryl methyl sites for hydroxylation is 1. The van der Waals surface area contributed by atoms with Gasteiger partial charge < -0.3 is 9.73 Å². The summed E-state index contributed by atoms with van der Waals surface area (Å²) in [6, 6.07) is 4.63. The Balaban J connectivity index is 0.00000128. The molecular weight excluding hydrogens is 259 g/mol. The second-order valence-electron chi connectivity index (χ2n) is 4.16. The summed E-state index contributed by atoms with van der Waals surface area (Å²) in [5.74, 6) is 2.13. The van der Waals surface area contributed by atoms with Gasteiger partial charge in [0.25, 0.3) is 0 Å². The van der Waals surface area contributed by atoms with Gasteiger partial charge in [-0.05, 0) is 25.5 Å². The number of rotatable bonds is 3. The molecule has 17 heavy (non-hydrogen) atoms. The molecule has 0 bridgehead atoms. The van der Waals surface area contributed by atoms with Crippen LogP contribution in [0.1, 0.15) is 30.9 Å². The fourth-order valence-electron chi connectivity index (χ4n) is 2.27. The lowest BCUT2D eigenvalue weighted by Crippen LogP contribution is -2.44. The zero-order valence-corrected chi connectivity index (χ0v) is 12.1. The Morgan fingerprint density at radius 3 is 2.41 bits per heavy atom. The molecule has 2 heterocycles. The van der Waals surface area contributed by atoms with Crippen molar-refractivity contribution < 1.29 is 4.42 Å². The number of hydrogen-bond donors (Lipinski definition) is 1. The van der Waals surface area contributed by atoms with E-state index < -0.39 is 0 Å². The molecule has 1 saturated heterocycles. The highest BCUT2D eigenvalue weighted by molar-refractivity contribution is 5.85. The molecule has 1 fully saturated rings. The summed E-state index contributed by atoms with van der Waals surface area (Å²) in [5, 5.41) is 3.38. The van der Waals surface area contributed by atoms with Crippen LogP contribution in [-0.2, 0) is 0 Å². The molecule has 0 spiro atoms. The van der Waals surface area contributed by atoms with Crippen molar-refractivity contribution in [1.82, 2.24) is 10.2 Å². The van der Waals surface area contributed by atoms with Crippen LogP contribution < -0.4 is 5.32 Å². The first-order chi connectivity index (χ1) is 7.31. The average molecular weight is 281 g/mol. The highest BCUT2D eigenvalue weighted by atomic mass is 35.5. The Morgan fingerprint density at radius 2 is 1.94 bits per heavy atom. The molecular formula is C12H22Cl2N2O. The van der Waals surface area contributed by atoms with E-state index in [2.05, 4.69) is 29.3 Å². The first kappa shape index (κ1) is 16.8. The van der Waals surface area contributed by atoms with Crippen molar-refractivity contribution in [1.29, 1.82) is 0 Å². The van der Waals surface area contributed by atoms with Crippen molar-refractivity contribution in [3.05, 3.63) is 23.7 Å². The van der Waals surface area contributed by atoms with Crippen LogP contribution in [-0.4, -0.2) is 31.1 Å². The van der Waals surface area contributed by atoms with Gasteiger partial charge in [-0.3, -0.25) is 4.90 Å². The lowest BCUT2D eigenvalue weighted by molar-refractivity contribution is 0.149. The Hall–Kier alpha value is -0.220. The third-order valence-corrected chi connectivity index (χ3v) is 3.07. The van der Waals surface area contributed by atoms with Gasteiger partial charge in [-0.25, -0.2) is 0 Å². The fourth-order valence-corrected chi connectivity index (χ4v) is 2.27. The molecule has 1 aromatic heterocycles. The maximum Gasteiger partial charge on any atom is 0.121 e. The average Bonchev–Trinajstić information content (AvgIpc) is 2.68. The van der Waals surface area contributed by atoms with E-state index in [0.717, 1.165) is 44.1 Å². The van der Waals surface area contributed by atoms with Crippen molar-refractivity contribution in [2.24, 2.45) is 0 Å². The second kappa shape index (κ2) is 7.98. The molecule has 1 aliphatic heterocycles. The minimum atomic E-state index is 0. The largest absolute Gasteiger partial charge is 0.465 e. The molecule has 1 N–H and O–H groups in total. The first-order valence-electron chi connectivity index (χ1n) is 5.82. The van der Waals surface area contributed by atoms with Gasteiger partial charge in [-0.1, -0.05) is 6.92 Å². The van der Waals surface area contributed by atoms with Crippen molar-refractivity contribution in [3.63, 3.8) is 0 Å². The van der Waals surface area contributed by atoms with Gasteiger partial charge in [0.05, 0.1) is 6.04 Å². The van der Waals surface area contributed by atoms with Crippen LogP contribution in [0.3, 0.4) is 0 Å². The SMILES string of the molecule is CC[C@H](c1ccc(C)o1)N1CCNCC1.Cl.Cl. The molecule has 1 atom stereocenters. The maximum absolute atomic E-state index is 5.73. The lowest BCUT2D eigenvalue weighted by atomic mass is 10.1. The predicted molar refractivity (Wildman–Crippen MR) is 75.4 cm³/mol. The van der Waals surface area contributed by atoms with Crippen LogP contribution >= 0.6 is 24.8 Å². The molecule has 1 aromatic rings. The standard InChI is InChI=1S/C12H20N2O.2ClH/c1-3-11(12-5-4-10(2)15-12)14-8-6-13-7-9-14;;/h4-5,11,13H,3,6-9H2,1-2H3;2*1H/t11-;;/m1../s1. The molecule has 0 aromatic carbocycles. The van der Waals surface area contributed by atoms with Gasteiger partial charge in [0.2, 0.25) is 0 Å². The first-order valence-corrected chi connectivity index (χ1v) is 5.82. The minimum Gasteiger partial charge on any atom is -0.465 e. The number of nitrogens with one attached hydrogen (secondary N) is 1. The van der Waals surface area contributed by atoms with E-state index in [1.165, 1.54) is 0 Å². The topological polar surface area (TPSA) is 28.4 Å². The number of nitrogens with zero attached hydrogens (tertiary/aromatic N) is 1. The van der Waals surface area contributed by atoms with E-state index in [1.54, 1.807) is 0 Å². The van der Waals surface area contributed by atoms with E-state index in [9.17, 15) is 0 Å². The van der Waals surface area contributed by atoms with E-state index in [1.807, 2.05) is 6.92 Å². The number of hydrogen-bond acceptors (Lipinski definition) is 3. The third-order valence-electron chi connectivity index (χ3n) is 3.07. The van der Waals surface area contributed by atoms with Crippen LogP contribution in [0.2, 0.25) is 0 Å². The van der Waals surface area contributed by atoms with Crippen molar-refractivity contribution in [2.45, 2.75) is 26.3 Å².